The van der Waals surface area contributed by atoms with Crippen LogP contribution in [0.15, 0.2) is 11.8 Å². The standard InChI is InChI=1S/C16H25FN2.C2H6/c1-8-16(7,17)15(5,6)11(2)9-14-13(4)19-12(3)10-18-14;1-2/h9-10H,8H2,1-7H3;1-2H3/b11-9+;. The fourth-order valence-electron chi connectivity index (χ4n) is 1.99. The fraction of sp³-hybridized carbons (Fsp3) is 0.667. The van der Waals surface area contributed by atoms with Crippen LogP contribution >= 0.6 is 0 Å². The van der Waals surface area contributed by atoms with E-state index in [1.807, 2.05) is 61.5 Å². The van der Waals surface area contributed by atoms with Crippen molar-refractivity contribution in [2.45, 2.75) is 74.4 Å². The molecule has 0 saturated heterocycles. The Hall–Kier alpha value is -1.25. The van der Waals surface area contributed by atoms with Crippen molar-refractivity contribution in [3.63, 3.8) is 0 Å². The summed E-state index contributed by atoms with van der Waals surface area (Å²) in [6.07, 6.45) is 4.19. The lowest BCUT2D eigenvalue weighted by Gasteiger charge is -2.38. The van der Waals surface area contributed by atoms with Crippen LogP contribution in [0.1, 0.15) is 72.0 Å². The first kappa shape index (κ1) is 19.8. The lowest BCUT2D eigenvalue weighted by atomic mass is 9.70. The van der Waals surface area contributed by atoms with Crippen LogP contribution in [-0.2, 0) is 0 Å². The lowest BCUT2D eigenvalue weighted by Crippen LogP contribution is -2.38. The predicted octanol–water partition coefficient (Wildman–Crippen LogP) is 5.69. The maximum atomic E-state index is 14.6. The second-order valence-corrected chi connectivity index (χ2v) is 5.99. The van der Waals surface area contributed by atoms with E-state index in [-0.39, 0.29) is 0 Å². The zero-order valence-corrected chi connectivity index (χ0v) is 15.1. The third-order valence-electron chi connectivity index (χ3n) is 4.41. The Labute approximate surface area is 129 Å². The Morgan fingerprint density at radius 1 is 1.24 bits per heavy atom. The van der Waals surface area contributed by atoms with Crippen molar-refractivity contribution in [1.82, 2.24) is 9.97 Å². The molecule has 21 heavy (non-hydrogen) atoms. The minimum absolute atomic E-state index is 0.490. The number of hydrogen-bond acceptors (Lipinski definition) is 2. The second-order valence-electron chi connectivity index (χ2n) is 5.99. The van der Waals surface area contributed by atoms with Gasteiger partial charge in [-0.15, -0.1) is 0 Å². The number of rotatable bonds is 4. The highest BCUT2D eigenvalue weighted by Gasteiger charge is 2.41. The van der Waals surface area contributed by atoms with Crippen molar-refractivity contribution in [1.29, 1.82) is 0 Å². The Balaban J connectivity index is 0.00000191. The average Bonchev–Trinajstić information content (AvgIpc) is 2.43. The molecular weight excluding hydrogens is 263 g/mol. The molecule has 0 fully saturated rings. The number of hydrogen-bond donors (Lipinski definition) is 0. The molecule has 0 saturated carbocycles. The van der Waals surface area contributed by atoms with Gasteiger partial charge in [-0.3, -0.25) is 9.97 Å². The highest BCUT2D eigenvalue weighted by molar-refractivity contribution is 5.52. The van der Waals surface area contributed by atoms with Crippen molar-refractivity contribution < 1.29 is 4.39 Å². The zero-order valence-electron chi connectivity index (χ0n) is 15.1. The molecule has 1 aromatic rings. The molecule has 0 spiro atoms. The minimum atomic E-state index is -1.24. The molecule has 0 radical (unpaired) electrons. The van der Waals surface area contributed by atoms with Crippen LogP contribution in [0.2, 0.25) is 0 Å². The number of aromatic nitrogens is 2. The van der Waals surface area contributed by atoms with Gasteiger partial charge in [0.15, 0.2) is 0 Å². The highest BCUT2D eigenvalue weighted by atomic mass is 19.1. The minimum Gasteiger partial charge on any atom is -0.255 e. The first-order chi connectivity index (χ1) is 9.61. The van der Waals surface area contributed by atoms with Gasteiger partial charge in [-0.1, -0.05) is 40.2 Å². The SMILES string of the molecule is CC.CCC(C)(F)C(C)(C)/C(C)=C/c1ncc(C)nc1C. The van der Waals surface area contributed by atoms with Gasteiger partial charge in [0, 0.05) is 11.6 Å². The molecule has 2 nitrogen and oxygen atoms in total. The van der Waals surface area contributed by atoms with E-state index >= 15 is 0 Å². The molecule has 0 aromatic carbocycles. The monoisotopic (exact) mass is 294 g/mol. The van der Waals surface area contributed by atoms with Crippen molar-refractivity contribution in [2.24, 2.45) is 5.41 Å². The topological polar surface area (TPSA) is 25.8 Å². The van der Waals surface area contributed by atoms with Gasteiger partial charge < -0.3 is 0 Å². The van der Waals surface area contributed by atoms with E-state index in [0.29, 0.717) is 6.42 Å². The normalized spacial score (nSPS) is 15.0. The number of nitrogens with zero attached hydrogens (tertiary/aromatic N) is 2. The zero-order chi connectivity index (χ0) is 16.8. The third kappa shape index (κ3) is 4.62. The molecule has 0 amide bonds. The van der Waals surface area contributed by atoms with Crippen molar-refractivity contribution in [2.75, 3.05) is 0 Å². The van der Waals surface area contributed by atoms with Crippen LogP contribution in [0, 0.1) is 19.3 Å². The molecule has 3 heteroatoms. The fourth-order valence-corrected chi connectivity index (χ4v) is 1.99. The Kier molecular flexibility index (Phi) is 7.21. The lowest BCUT2D eigenvalue weighted by molar-refractivity contribution is 0.0584. The van der Waals surface area contributed by atoms with Gasteiger partial charge in [-0.25, -0.2) is 4.39 Å². The Morgan fingerprint density at radius 3 is 2.19 bits per heavy atom. The number of alkyl halides is 1. The second kappa shape index (κ2) is 7.67. The van der Waals surface area contributed by atoms with E-state index in [1.165, 1.54) is 0 Å². The van der Waals surface area contributed by atoms with Crippen LogP contribution in [0.25, 0.3) is 6.08 Å². The quantitative estimate of drug-likeness (QED) is 0.713. The molecule has 1 aromatic heterocycles. The molecule has 1 atom stereocenters. The molecule has 0 aliphatic carbocycles. The van der Waals surface area contributed by atoms with Crippen molar-refractivity contribution >= 4 is 6.08 Å². The van der Waals surface area contributed by atoms with Gasteiger partial charge in [-0.05, 0) is 40.2 Å². The first-order valence-corrected chi connectivity index (χ1v) is 7.79. The van der Waals surface area contributed by atoms with Gasteiger partial charge in [0.1, 0.15) is 5.67 Å². The van der Waals surface area contributed by atoms with E-state index in [9.17, 15) is 4.39 Å². The molecule has 0 aliphatic heterocycles. The maximum Gasteiger partial charge on any atom is 0.116 e. The summed E-state index contributed by atoms with van der Waals surface area (Å²) in [4.78, 5) is 8.77. The summed E-state index contributed by atoms with van der Waals surface area (Å²) in [6, 6.07) is 0. The molecule has 120 valence electrons. The van der Waals surface area contributed by atoms with Crippen LogP contribution < -0.4 is 0 Å². The van der Waals surface area contributed by atoms with E-state index in [1.54, 1.807) is 13.1 Å². The number of halogens is 1. The predicted molar refractivity (Wildman–Crippen MR) is 90.1 cm³/mol. The molecule has 0 aliphatic rings. The molecular formula is C18H31FN2. The van der Waals surface area contributed by atoms with E-state index in [2.05, 4.69) is 9.97 Å². The Bertz CT molecular complexity index is 488. The summed E-state index contributed by atoms with van der Waals surface area (Å²) >= 11 is 0. The van der Waals surface area contributed by atoms with Crippen molar-refractivity contribution in [3.8, 4) is 0 Å². The number of aryl methyl sites for hydroxylation is 2. The van der Waals surface area contributed by atoms with Gasteiger partial charge >= 0.3 is 0 Å². The van der Waals surface area contributed by atoms with Crippen LogP contribution in [0.3, 0.4) is 0 Å². The summed E-state index contributed by atoms with van der Waals surface area (Å²) in [6.45, 7) is 17.2. The van der Waals surface area contributed by atoms with Gasteiger partial charge in [-0.2, -0.15) is 0 Å². The average molecular weight is 294 g/mol. The third-order valence-corrected chi connectivity index (χ3v) is 4.41. The molecule has 0 bridgehead atoms. The molecule has 1 heterocycles. The van der Waals surface area contributed by atoms with E-state index in [4.69, 9.17) is 0 Å². The smallest absolute Gasteiger partial charge is 0.116 e. The summed E-state index contributed by atoms with van der Waals surface area (Å²) in [5.74, 6) is 0. The van der Waals surface area contributed by atoms with Crippen LogP contribution in [-0.4, -0.2) is 15.6 Å². The molecule has 1 rings (SSSR count). The summed E-state index contributed by atoms with van der Waals surface area (Å²) in [5.41, 5.74) is 1.83. The summed E-state index contributed by atoms with van der Waals surface area (Å²) in [7, 11) is 0. The first-order valence-electron chi connectivity index (χ1n) is 7.79. The van der Waals surface area contributed by atoms with Crippen molar-refractivity contribution in [3.05, 3.63) is 28.9 Å². The molecule has 1 unspecified atom stereocenters. The number of allylic oxidation sites excluding steroid dienone is 1. The van der Waals surface area contributed by atoms with E-state index < -0.39 is 11.1 Å². The maximum absolute atomic E-state index is 14.6. The van der Waals surface area contributed by atoms with Crippen LogP contribution in [0.5, 0.6) is 0 Å². The van der Waals surface area contributed by atoms with Gasteiger partial charge in [0.25, 0.3) is 0 Å². The van der Waals surface area contributed by atoms with Crippen LogP contribution in [0.4, 0.5) is 4.39 Å². The Morgan fingerprint density at radius 2 is 1.76 bits per heavy atom. The summed E-state index contributed by atoms with van der Waals surface area (Å²) in [5, 5.41) is 0. The van der Waals surface area contributed by atoms with Gasteiger partial charge in [0.05, 0.1) is 17.1 Å². The largest absolute Gasteiger partial charge is 0.255 e. The summed E-state index contributed by atoms with van der Waals surface area (Å²) < 4.78 is 14.6. The molecule has 0 N–H and O–H groups in total. The van der Waals surface area contributed by atoms with Gasteiger partial charge in [0.2, 0.25) is 0 Å². The van der Waals surface area contributed by atoms with E-state index in [0.717, 1.165) is 22.7 Å². The highest BCUT2D eigenvalue weighted by Crippen LogP contribution is 2.43.